The second-order valence-electron chi connectivity index (χ2n) is 2.15. The quantitative estimate of drug-likeness (QED) is 0.156. The van der Waals surface area contributed by atoms with Crippen LogP contribution in [0.15, 0.2) is 0 Å². The van der Waals surface area contributed by atoms with Crippen molar-refractivity contribution in [2.75, 3.05) is 26.4 Å². The Morgan fingerprint density at radius 2 is 1.85 bits per heavy atom. The van der Waals surface area contributed by atoms with E-state index < -0.39 is 0 Å². The number of halogens is 1. The monoisotopic (exact) mass is 211 g/mol. The van der Waals surface area contributed by atoms with Gasteiger partial charge in [-0.25, -0.2) is 0 Å². The van der Waals surface area contributed by atoms with Crippen molar-refractivity contribution in [3.05, 3.63) is 0 Å². The van der Waals surface area contributed by atoms with Gasteiger partial charge in [0.05, 0.1) is 6.61 Å². The highest BCUT2D eigenvalue weighted by molar-refractivity contribution is 5.69. The van der Waals surface area contributed by atoms with E-state index in [2.05, 4.69) is 0 Å². The van der Waals surface area contributed by atoms with E-state index in [9.17, 15) is 0 Å². The van der Waals surface area contributed by atoms with Crippen molar-refractivity contribution >= 4 is 5.96 Å². The third-order valence-corrected chi connectivity index (χ3v) is 1.25. The number of hydrogen-bond donors (Lipinski definition) is 2. The highest BCUT2D eigenvalue weighted by Gasteiger charge is 2.00. The van der Waals surface area contributed by atoms with Crippen LogP contribution in [0.5, 0.6) is 0 Å². The summed E-state index contributed by atoms with van der Waals surface area (Å²) < 4.78 is 6.50. The summed E-state index contributed by atoms with van der Waals surface area (Å²) in [5, 5.41) is 0. The maximum atomic E-state index is 5.32. The van der Waals surface area contributed by atoms with Crippen molar-refractivity contribution in [2.45, 2.75) is 13.8 Å². The SMILES string of the molecule is CCOCCO[N+](CC)=C(N)N.[Cl-]. The largest absolute Gasteiger partial charge is 1.00 e. The lowest BCUT2D eigenvalue weighted by Gasteiger charge is -2.07. The number of hydrogen-bond acceptors (Lipinski definition) is 2. The zero-order valence-electron chi connectivity index (χ0n) is 8.12. The summed E-state index contributed by atoms with van der Waals surface area (Å²) in [5.74, 6) is 0.175. The lowest BCUT2D eigenvalue weighted by molar-refractivity contribution is -0.787. The van der Waals surface area contributed by atoms with Gasteiger partial charge in [0, 0.05) is 6.61 Å². The van der Waals surface area contributed by atoms with E-state index in [4.69, 9.17) is 21.0 Å². The summed E-state index contributed by atoms with van der Waals surface area (Å²) in [6, 6.07) is 0. The Labute approximate surface area is 85.0 Å². The maximum Gasteiger partial charge on any atom is 0.377 e. The van der Waals surface area contributed by atoms with Crippen molar-refractivity contribution in [2.24, 2.45) is 11.5 Å². The minimum atomic E-state index is 0. The van der Waals surface area contributed by atoms with Crippen LogP contribution < -0.4 is 23.9 Å². The number of guanidine groups is 1. The minimum Gasteiger partial charge on any atom is -1.00 e. The van der Waals surface area contributed by atoms with Crippen LogP contribution in [0.2, 0.25) is 0 Å². The highest BCUT2D eigenvalue weighted by atomic mass is 35.5. The number of hydroxylamine groups is 1. The average molecular weight is 212 g/mol. The Hall–Kier alpha value is -0.680. The molecule has 0 aromatic rings. The van der Waals surface area contributed by atoms with E-state index in [0.29, 0.717) is 26.4 Å². The molecule has 0 saturated carbocycles. The molecule has 0 rings (SSSR count). The molecule has 0 bridgehead atoms. The minimum absolute atomic E-state index is 0. The number of nitrogens with zero attached hydrogens (tertiary/aromatic N) is 1. The first-order chi connectivity index (χ1) is 5.72. The van der Waals surface area contributed by atoms with Gasteiger partial charge in [0.15, 0.2) is 6.61 Å². The van der Waals surface area contributed by atoms with Crippen molar-refractivity contribution in [1.82, 2.24) is 0 Å². The van der Waals surface area contributed by atoms with Crippen LogP contribution >= 0.6 is 0 Å². The van der Waals surface area contributed by atoms with Crippen LogP contribution in [0.1, 0.15) is 13.8 Å². The zero-order valence-corrected chi connectivity index (χ0v) is 8.88. The van der Waals surface area contributed by atoms with Crippen molar-refractivity contribution in [1.29, 1.82) is 0 Å². The molecule has 0 heterocycles. The topological polar surface area (TPSA) is 73.5 Å². The number of rotatable bonds is 6. The van der Waals surface area contributed by atoms with Gasteiger partial charge in [0.1, 0.15) is 6.54 Å². The third kappa shape index (κ3) is 7.67. The molecule has 0 amide bonds. The second kappa shape index (κ2) is 9.41. The van der Waals surface area contributed by atoms with Crippen molar-refractivity contribution in [3.63, 3.8) is 0 Å². The second-order valence-corrected chi connectivity index (χ2v) is 2.15. The fourth-order valence-corrected chi connectivity index (χ4v) is 0.699. The predicted octanol–water partition coefficient (Wildman–Crippen LogP) is -3.74. The van der Waals surface area contributed by atoms with Crippen LogP contribution in [-0.4, -0.2) is 37.1 Å². The van der Waals surface area contributed by atoms with Crippen LogP contribution in [0.4, 0.5) is 0 Å². The van der Waals surface area contributed by atoms with Gasteiger partial charge < -0.3 is 22.0 Å². The lowest BCUT2D eigenvalue weighted by atomic mass is 10.7. The Balaban J connectivity index is 0. The molecule has 0 aromatic carbocycles. The summed E-state index contributed by atoms with van der Waals surface area (Å²) in [6.07, 6.45) is 0. The Morgan fingerprint density at radius 1 is 1.23 bits per heavy atom. The van der Waals surface area contributed by atoms with Crippen LogP contribution in [-0.2, 0) is 9.57 Å². The molecule has 0 fully saturated rings. The van der Waals surface area contributed by atoms with Gasteiger partial charge in [0.25, 0.3) is 0 Å². The van der Waals surface area contributed by atoms with Crippen molar-refractivity contribution in [3.8, 4) is 0 Å². The van der Waals surface area contributed by atoms with Gasteiger partial charge in [-0.1, -0.05) is 4.74 Å². The molecular formula is C7H18ClN3O2. The average Bonchev–Trinajstić information content (AvgIpc) is 2.04. The lowest BCUT2D eigenvalue weighted by Crippen LogP contribution is -3.00. The molecular weight excluding hydrogens is 194 g/mol. The van der Waals surface area contributed by atoms with Crippen LogP contribution in [0, 0.1) is 0 Å². The van der Waals surface area contributed by atoms with E-state index in [1.165, 1.54) is 4.74 Å². The van der Waals surface area contributed by atoms with Crippen molar-refractivity contribution < 1.29 is 26.7 Å². The van der Waals surface area contributed by atoms with Gasteiger partial charge in [0.2, 0.25) is 0 Å². The van der Waals surface area contributed by atoms with Gasteiger partial charge in [-0.05, 0) is 13.8 Å². The number of ether oxygens (including phenoxy) is 1. The zero-order chi connectivity index (χ0) is 9.40. The first-order valence-corrected chi connectivity index (χ1v) is 4.08. The maximum absolute atomic E-state index is 5.32. The number of nitrogens with two attached hydrogens (primary N) is 2. The smallest absolute Gasteiger partial charge is 0.377 e. The van der Waals surface area contributed by atoms with E-state index in [1.54, 1.807) is 0 Å². The van der Waals surface area contributed by atoms with E-state index in [1.807, 2.05) is 13.8 Å². The van der Waals surface area contributed by atoms with E-state index >= 15 is 0 Å². The van der Waals surface area contributed by atoms with E-state index in [0.717, 1.165) is 0 Å². The van der Waals surface area contributed by atoms with E-state index in [-0.39, 0.29) is 18.4 Å². The van der Waals surface area contributed by atoms with Crippen LogP contribution in [0.25, 0.3) is 0 Å². The Kier molecular flexibility index (Phi) is 10.7. The summed E-state index contributed by atoms with van der Waals surface area (Å²) in [6.45, 7) is 6.19. The standard InChI is InChI=1S/C7H17N3O2.ClH/c1-3-10(7(8)9)12-6-5-11-4-2;/h3-6H2,1-2H3,(H3,8,9);1H. The van der Waals surface area contributed by atoms with Gasteiger partial charge in [-0.3, -0.25) is 11.5 Å². The molecule has 0 aliphatic heterocycles. The Morgan fingerprint density at radius 3 is 2.23 bits per heavy atom. The molecule has 13 heavy (non-hydrogen) atoms. The van der Waals surface area contributed by atoms with Crippen LogP contribution in [0.3, 0.4) is 0 Å². The first kappa shape index (κ1) is 14.8. The first-order valence-electron chi connectivity index (χ1n) is 4.08. The molecule has 5 nitrogen and oxygen atoms in total. The molecule has 6 heteroatoms. The fourth-order valence-electron chi connectivity index (χ4n) is 0.699. The van der Waals surface area contributed by atoms with Gasteiger partial charge in [-0.2, -0.15) is 0 Å². The normalized spacial score (nSPS) is 8.77. The molecule has 4 N–H and O–H groups in total. The molecule has 0 saturated heterocycles. The molecule has 80 valence electrons. The molecule has 0 spiro atoms. The predicted molar refractivity (Wildman–Crippen MR) is 46.6 cm³/mol. The summed E-state index contributed by atoms with van der Waals surface area (Å²) >= 11 is 0. The Bertz CT molecular complexity index is 149. The summed E-state index contributed by atoms with van der Waals surface area (Å²) in [5.41, 5.74) is 10.6. The molecule has 0 aliphatic carbocycles. The third-order valence-electron chi connectivity index (χ3n) is 1.25. The molecule has 0 atom stereocenters. The van der Waals surface area contributed by atoms with Gasteiger partial charge in [-0.15, -0.1) is 0 Å². The van der Waals surface area contributed by atoms with Gasteiger partial charge >= 0.3 is 5.96 Å². The molecule has 0 aromatic heterocycles. The summed E-state index contributed by atoms with van der Waals surface area (Å²) in [4.78, 5) is 5.18. The summed E-state index contributed by atoms with van der Waals surface area (Å²) in [7, 11) is 0. The molecule has 0 radical (unpaired) electrons. The fraction of sp³-hybridized carbons (Fsp3) is 0.857. The molecule has 0 aliphatic rings. The highest BCUT2D eigenvalue weighted by Crippen LogP contribution is 1.80. The molecule has 0 unspecified atom stereocenters.